The maximum absolute atomic E-state index is 12.5. The van der Waals surface area contributed by atoms with E-state index in [2.05, 4.69) is 37.4 Å². The van der Waals surface area contributed by atoms with Crippen LogP contribution in [0.25, 0.3) is 5.78 Å². The molecule has 1 aliphatic rings. The van der Waals surface area contributed by atoms with Crippen molar-refractivity contribution in [2.45, 2.75) is 52.1 Å². The number of aryl methyl sites for hydroxylation is 2. The number of hydrogen-bond acceptors (Lipinski definition) is 5. The molecule has 0 radical (unpaired) electrons. The van der Waals surface area contributed by atoms with Gasteiger partial charge in [0.1, 0.15) is 6.33 Å². The van der Waals surface area contributed by atoms with Crippen LogP contribution in [0.4, 0.5) is 0 Å². The van der Waals surface area contributed by atoms with E-state index >= 15 is 0 Å². The first-order valence-corrected chi connectivity index (χ1v) is 10.8. The normalized spacial score (nSPS) is 15.6. The molecule has 3 heterocycles. The molecule has 8 heteroatoms. The average Bonchev–Trinajstić information content (AvgIpc) is 3.19. The molecule has 0 aliphatic carbocycles. The summed E-state index contributed by atoms with van der Waals surface area (Å²) >= 11 is 5.96. The van der Waals surface area contributed by atoms with E-state index < -0.39 is 0 Å². The Kier molecular flexibility index (Phi) is 6.29. The Morgan fingerprint density at radius 2 is 1.93 bits per heavy atom. The fourth-order valence-electron chi connectivity index (χ4n) is 4.14. The number of rotatable bonds is 6. The van der Waals surface area contributed by atoms with E-state index in [-0.39, 0.29) is 11.9 Å². The van der Waals surface area contributed by atoms with Crippen molar-refractivity contribution in [2.24, 2.45) is 0 Å². The predicted molar refractivity (Wildman–Crippen MR) is 116 cm³/mol. The molecule has 3 aromatic rings. The molecule has 1 fully saturated rings. The summed E-state index contributed by atoms with van der Waals surface area (Å²) in [4.78, 5) is 23.6. The van der Waals surface area contributed by atoms with E-state index in [4.69, 9.17) is 11.6 Å². The molecule has 1 aliphatic heterocycles. The van der Waals surface area contributed by atoms with Gasteiger partial charge in [-0.2, -0.15) is 10.1 Å². The number of amides is 1. The lowest BCUT2D eigenvalue weighted by molar-refractivity contribution is -0.122. The molecular weight excluding hydrogens is 400 g/mol. The summed E-state index contributed by atoms with van der Waals surface area (Å²) < 4.78 is 1.73. The number of likely N-dealkylation sites (tertiary alicyclic amines) is 1. The van der Waals surface area contributed by atoms with Gasteiger partial charge in [-0.3, -0.25) is 9.69 Å². The zero-order valence-electron chi connectivity index (χ0n) is 17.4. The number of halogens is 1. The van der Waals surface area contributed by atoms with Gasteiger partial charge in [-0.1, -0.05) is 23.7 Å². The topological polar surface area (TPSA) is 75.4 Å². The summed E-state index contributed by atoms with van der Waals surface area (Å²) in [6.07, 6.45) is 4.56. The van der Waals surface area contributed by atoms with Crippen molar-refractivity contribution < 1.29 is 4.79 Å². The molecule has 0 bridgehead atoms. The molecular formula is C22H27ClN6O. The monoisotopic (exact) mass is 426 g/mol. The second kappa shape index (κ2) is 9.10. The Hall–Kier alpha value is -2.51. The summed E-state index contributed by atoms with van der Waals surface area (Å²) in [6, 6.07) is 8.27. The van der Waals surface area contributed by atoms with Crippen LogP contribution < -0.4 is 5.32 Å². The fraction of sp³-hybridized carbons (Fsp3) is 0.455. The van der Waals surface area contributed by atoms with Crippen molar-refractivity contribution in [3.8, 4) is 0 Å². The van der Waals surface area contributed by atoms with Gasteiger partial charge >= 0.3 is 0 Å². The lowest BCUT2D eigenvalue weighted by Gasteiger charge is -2.32. The Bertz CT molecular complexity index is 1020. The molecule has 0 unspecified atom stereocenters. The smallest absolute Gasteiger partial charge is 0.252 e. The van der Waals surface area contributed by atoms with E-state index in [0.717, 1.165) is 54.4 Å². The third kappa shape index (κ3) is 4.79. The number of carbonyl (C=O) groups is 1. The lowest BCUT2D eigenvalue weighted by atomic mass is 10.0. The average molecular weight is 427 g/mol. The fourth-order valence-corrected chi connectivity index (χ4v) is 4.26. The minimum atomic E-state index is 0.101. The van der Waals surface area contributed by atoms with E-state index in [1.165, 1.54) is 11.9 Å². The Morgan fingerprint density at radius 3 is 2.67 bits per heavy atom. The summed E-state index contributed by atoms with van der Waals surface area (Å²) in [5.74, 6) is 0.701. The van der Waals surface area contributed by atoms with Crippen LogP contribution >= 0.6 is 11.6 Å². The minimum Gasteiger partial charge on any atom is -0.353 e. The van der Waals surface area contributed by atoms with Crippen LogP contribution in [0.15, 0.2) is 30.6 Å². The van der Waals surface area contributed by atoms with Gasteiger partial charge in [-0.05, 0) is 56.4 Å². The van der Waals surface area contributed by atoms with E-state index in [1.807, 2.05) is 26.0 Å². The van der Waals surface area contributed by atoms with Gasteiger partial charge in [0.25, 0.3) is 5.78 Å². The standard InChI is InChI=1S/C22H27ClN6O/c1-15-20(16(2)29-22(26-15)24-14-25-29)7-8-21(30)27-19-9-11-28(12-10-19)13-17-3-5-18(23)6-4-17/h3-6,14,19H,7-13H2,1-2H3,(H,27,30). The molecule has 1 aromatic carbocycles. The largest absolute Gasteiger partial charge is 0.353 e. The highest BCUT2D eigenvalue weighted by Gasteiger charge is 2.21. The van der Waals surface area contributed by atoms with Gasteiger partial charge in [0.15, 0.2) is 0 Å². The number of aromatic nitrogens is 4. The maximum atomic E-state index is 12.5. The third-order valence-corrected chi connectivity index (χ3v) is 6.11. The second-order valence-electron chi connectivity index (χ2n) is 7.98. The quantitative estimate of drug-likeness (QED) is 0.655. The number of benzene rings is 1. The molecule has 30 heavy (non-hydrogen) atoms. The number of hydrogen-bond donors (Lipinski definition) is 1. The van der Waals surface area contributed by atoms with Gasteiger partial charge < -0.3 is 5.32 Å². The van der Waals surface area contributed by atoms with Crippen LogP contribution in [0, 0.1) is 13.8 Å². The van der Waals surface area contributed by atoms with Gasteiger partial charge in [-0.25, -0.2) is 9.50 Å². The molecule has 1 N–H and O–H groups in total. The van der Waals surface area contributed by atoms with Crippen molar-refractivity contribution >= 4 is 23.3 Å². The first-order valence-electron chi connectivity index (χ1n) is 10.4. The number of piperidine rings is 1. The van der Waals surface area contributed by atoms with Crippen molar-refractivity contribution in [2.75, 3.05) is 13.1 Å². The first kappa shape index (κ1) is 20.8. The van der Waals surface area contributed by atoms with Crippen LogP contribution in [0.5, 0.6) is 0 Å². The summed E-state index contributed by atoms with van der Waals surface area (Å²) in [5.41, 5.74) is 4.25. The first-order chi connectivity index (χ1) is 14.5. The van der Waals surface area contributed by atoms with Gasteiger partial charge in [-0.15, -0.1) is 0 Å². The maximum Gasteiger partial charge on any atom is 0.252 e. The number of carbonyl (C=O) groups excluding carboxylic acids is 1. The molecule has 0 atom stereocenters. The molecule has 1 amide bonds. The van der Waals surface area contributed by atoms with Crippen molar-refractivity contribution in [3.63, 3.8) is 0 Å². The van der Waals surface area contributed by atoms with Crippen molar-refractivity contribution in [3.05, 3.63) is 58.1 Å². The molecule has 0 saturated carbocycles. The highest BCUT2D eigenvalue weighted by atomic mass is 35.5. The number of nitrogens with zero attached hydrogens (tertiary/aromatic N) is 5. The van der Waals surface area contributed by atoms with Crippen LogP contribution in [-0.2, 0) is 17.8 Å². The summed E-state index contributed by atoms with van der Waals surface area (Å²) in [6.45, 7) is 6.86. The zero-order valence-corrected chi connectivity index (χ0v) is 18.2. The van der Waals surface area contributed by atoms with E-state index in [9.17, 15) is 4.79 Å². The molecule has 1 saturated heterocycles. The van der Waals surface area contributed by atoms with Crippen LogP contribution in [-0.4, -0.2) is 49.5 Å². The lowest BCUT2D eigenvalue weighted by Crippen LogP contribution is -2.44. The van der Waals surface area contributed by atoms with Gasteiger partial charge in [0.2, 0.25) is 5.91 Å². The predicted octanol–water partition coefficient (Wildman–Crippen LogP) is 3.11. The molecule has 4 rings (SSSR count). The molecule has 158 valence electrons. The van der Waals surface area contributed by atoms with Crippen molar-refractivity contribution in [1.29, 1.82) is 0 Å². The van der Waals surface area contributed by atoms with Crippen LogP contribution in [0.3, 0.4) is 0 Å². The van der Waals surface area contributed by atoms with Gasteiger partial charge in [0.05, 0.1) is 0 Å². The van der Waals surface area contributed by atoms with Gasteiger partial charge in [0, 0.05) is 48.5 Å². The minimum absolute atomic E-state index is 0.101. The Morgan fingerprint density at radius 1 is 1.20 bits per heavy atom. The number of nitrogens with one attached hydrogen (secondary N) is 1. The van der Waals surface area contributed by atoms with Crippen LogP contribution in [0.2, 0.25) is 5.02 Å². The van der Waals surface area contributed by atoms with Crippen molar-refractivity contribution in [1.82, 2.24) is 29.8 Å². The van der Waals surface area contributed by atoms with E-state index in [0.29, 0.717) is 18.6 Å². The second-order valence-corrected chi connectivity index (χ2v) is 8.41. The molecule has 7 nitrogen and oxygen atoms in total. The zero-order chi connectivity index (χ0) is 21.1. The summed E-state index contributed by atoms with van der Waals surface area (Å²) in [7, 11) is 0. The summed E-state index contributed by atoms with van der Waals surface area (Å²) in [5, 5.41) is 8.19. The number of fused-ring (bicyclic) bond motifs is 1. The molecule has 2 aromatic heterocycles. The highest BCUT2D eigenvalue weighted by molar-refractivity contribution is 6.30. The van der Waals surface area contributed by atoms with Crippen LogP contribution in [0.1, 0.15) is 41.8 Å². The SMILES string of the molecule is Cc1nc2ncnn2c(C)c1CCC(=O)NC1CCN(Cc2ccc(Cl)cc2)CC1. The Labute approximate surface area is 181 Å². The third-order valence-electron chi connectivity index (χ3n) is 5.86. The Balaban J connectivity index is 1.25. The molecule has 0 spiro atoms. The van der Waals surface area contributed by atoms with E-state index in [1.54, 1.807) is 4.52 Å². The highest BCUT2D eigenvalue weighted by Crippen LogP contribution is 2.17.